The van der Waals surface area contributed by atoms with Crippen LogP contribution in [0.5, 0.6) is 0 Å². The van der Waals surface area contributed by atoms with Crippen LogP contribution in [-0.4, -0.2) is 78.0 Å². The maximum absolute atomic E-state index is 13.2. The smallest absolute Gasteiger partial charge is 0.274 e. The van der Waals surface area contributed by atoms with Crippen LogP contribution < -0.4 is 16.0 Å². The summed E-state index contributed by atoms with van der Waals surface area (Å²) >= 11 is 0. The molecule has 38 heavy (non-hydrogen) atoms. The van der Waals surface area contributed by atoms with E-state index >= 15 is 0 Å². The minimum absolute atomic E-state index is 0.102. The lowest BCUT2D eigenvalue weighted by molar-refractivity contribution is 0.0947. The molecule has 4 heterocycles. The first kappa shape index (κ1) is 27.5. The van der Waals surface area contributed by atoms with E-state index in [1.165, 1.54) is 16.8 Å². The molecule has 0 radical (unpaired) electrons. The maximum Gasteiger partial charge on any atom is 0.274 e. The van der Waals surface area contributed by atoms with E-state index in [2.05, 4.69) is 26.0 Å². The minimum Gasteiger partial charge on any atom is -0.390 e. The molecule has 2 aromatic rings. The number of carbonyl (C=O) groups excluding carboxylic acids is 2. The van der Waals surface area contributed by atoms with Crippen LogP contribution in [-0.2, 0) is 10.0 Å². The molecule has 13 heteroatoms. The van der Waals surface area contributed by atoms with Gasteiger partial charge >= 0.3 is 0 Å². The highest BCUT2D eigenvalue weighted by Crippen LogP contribution is 2.26. The molecule has 0 saturated carbocycles. The number of nitrogens with zero attached hydrogens (tertiary/aromatic N) is 4. The molecule has 2 aromatic heterocycles. The van der Waals surface area contributed by atoms with Crippen LogP contribution >= 0.6 is 0 Å². The third-order valence-electron chi connectivity index (χ3n) is 6.69. The number of carbonyl (C=O) groups is 2. The molecule has 2 amide bonds. The van der Waals surface area contributed by atoms with Gasteiger partial charge in [-0.1, -0.05) is 18.9 Å². The molecule has 4 rings (SSSR count). The van der Waals surface area contributed by atoms with Crippen molar-refractivity contribution in [3.63, 3.8) is 0 Å². The Labute approximate surface area is 222 Å². The van der Waals surface area contributed by atoms with Gasteiger partial charge in [-0.3, -0.25) is 14.3 Å². The van der Waals surface area contributed by atoms with Gasteiger partial charge in [0.1, 0.15) is 5.69 Å². The lowest BCUT2D eigenvalue weighted by atomic mass is 10.1. The zero-order valence-electron chi connectivity index (χ0n) is 21.4. The predicted octanol–water partition coefficient (Wildman–Crippen LogP) is 2.01. The number of hydrogen-bond donors (Lipinski definition) is 4. The molecule has 2 aliphatic heterocycles. The van der Waals surface area contributed by atoms with E-state index < -0.39 is 15.9 Å². The summed E-state index contributed by atoms with van der Waals surface area (Å²) in [7, 11) is -3.27. The number of anilines is 1. The molecular weight excluding hydrogens is 508 g/mol. The quantitative estimate of drug-likeness (QED) is 0.431. The van der Waals surface area contributed by atoms with Gasteiger partial charge in [0, 0.05) is 50.4 Å². The van der Waals surface area contributed by atoms with Crippen molar-refractivity contribution in [2.24, 2.45) is 0 Å². The molecule has 0 spiro atoms. The lowest BCUT2D eigenvalue weighted by Gasteiger charge is -2.30. The second-order valence-corrected chi connectivity index (χ2v) is 11.5. The SMILES string of the molecule is CS(=O)(=O)N1CCC(n2cc3c(n2)C(=O)NCCCCCCN/C=C(\C=N)c2cccc(n2)C(=O)N3)CC1. The number of sulfonamides is 1. The number of nitrogens with one attached hydrogen (secondary N) is 4. The summed E-state index contributed by atoms with van der Waals surface area (Å²) in [5, 5.41) is 21.2. The molecule has 12 nitrogen and oxygen atoms in total. The van der Waals surface area contributed by atoms with E-state index in [4.69, 9.17) is 5.41 Å². The Morgan fingerprint density at radius 1 is 1.03 bits per heavy atom. The van der Waals surface area contributed by atoms with Gasteiger partial charge in [0.2, 0.25) is 10.0 Å². The van der Waals surface area contributed by atoms with Crippen molar-refractivity contribution in [3.05, 3.63) is 47.7 Å². The van der Waals surface area contributed by atoms with Crippen LogP contribution in [0.3, 0.4) is 0 Å². The third-order valence-corrected chi connectivity index (χ3v) is 7.99. The monoisotopic (exact) mass is 542 g/mol. The van der Waals surface area contributed by atoms with Crippen LogP contribution in [0.4, 0.5) is 5.69 Å². The normalized spacial score (nSPS) is 20.5. The summed E-state index contributed by atoms with van der Waals surface area (Å²) < 4.78 is 26.9. The maximum atomic E-state index is 13.2. The zero-order chi connectivity index (χ0) is 27.1. The number of piperidine rings is 1. The summed E-state index contributed by atoms with van der Waals surface area (Å²) in [4.78, 5) is 30.7. The summed E-state index contributed by atoms with van der Waals surface area (Å²) in [6, 6.07) is 4.88. The van der Waals surface area contributed by atoms with Crippen LogP contribution in [0, 0.1) is 5.41 Å². The van der Waals surface area contributed by atoms with Gasteiger partial charge in [-0.15, -0.1) is 0 Å². The first-order valence-electron chi connectivity index (χ1n) is 12.8. The van der Waals surface area contributed by atoms with E-state index in [0.29, 0.717) is 43.7 Å². The van der Waals surface area contributed by atoms with Crippen LogP contribution in [0.1, 0.15) is 71.2 Å². The second kappa shape index (κ2) is 12.3. The summed E-state index contributed by atoms with van der Waals surface area (Å²) in [5.41, 5.74) is 1.53. The topological polar surface area (TPSA) is 162 Å². The van der Waals surface area contributed by atoms with E-state index in [1.54, 1.807) is 35.3 Å². The molecule has 0 aromatic carbocycles. The van der Waals surface area contributed by atoms with Gasteiger partial charge in [0.05, 0.1) is 23.7 Å². The highest BCUT2D eigenvalue weighted by molar-refractivity contribution is 7.88. The highest BCUT2D eigenvalue weighted by Gasteiger charge is 2.28. The molecule has 204 valence electrons. The number of pyridine rings is 1. The van der Waals surface area contributed by atoms with Gasteiger partial charge in [0.25, 0.3) is 11.8 Å². The van der Waals surface area contributed by atoms with Crippen molar-refractivity contribution in [2.45, 2.75) is 44.6 Å². The van der Waals surface area contributed by atoms with Crippen molar-refractivity contribution in [1.29, 1.82) is 5.41 Å². The Bertz CT molecular complexity index is 1310. The number of fused-ring (bicyclic) bond motifs is 3. The largest absolute Gasteiger partial charge is 0.390 e. The van der Waals surface area contributed by atoms with Crippen LogP contribution in [0.15, 0.2) is 30.6 Å². The zero-order valence-corrected chi connectivity index (χ0v) is 22.3. The van der Waals surface area contributed by atoms with Crippen molar-refractivity contribution >= 4 is 39.3 Å². The van der Waals surface area contributed by atoms with Crippen molar-refractivity contribution in [2.75, 3.05) is 37.8 Å². The van der Waals surface area contributed by atoms with E-state index in [0.717, 1.165) is 32.2 Å². The van der Waals surface area contributed by atoms with Crippen molar-refractivity contribution in [3.8, 4) is 0 Å². The van der Waals surface area contributed by atoms with E-state index in [9.17, 15) is 18.0 Å². The van der Waals surface area contributed by atoms with E-state index in [1.807, 2.05) is 0 Å². The van der Waals surface area contributed by atoms with Gasteiger partial charge in [-0.25, -0.2) is 17.7 Å². The molecule has 1 fully saturated rings. The lowest BCUT2D eigenvalue weighted by Crippen LogP contribution is -2.38. The average Bonchev–Trinajstić information content (AvgIpc) is 3.32. The molecule has 0 atom stereocenters. The fraction of sp³-hybridized carbons (Fsp3) is 0.480. The number of allylic oxidation sites excluding steroid dienone is 1. The molecule has 0 unspecified atom stereocenters. The Morgan fingerprint density at radius 2 is 1.74 bits per heavy atom. The first-order chi connectivity index (χ1) is 18.3. The minimum atomic E-state index is -3.27. The molecule has 2 bridgehead atoms. The van der Waals surface area contributed by atoms with Gasteiger partial charge in [-0.05, 0) is 37.8 Å². The third kappa shape index (κ3) is 6.84. The van der Waals surface area contributed by atoms with Crippen molar-refractivity contribution in [1.82, 2.24) is 29.7 Å². The summed E-state index contributed by atoms with van der Waals surface area (Å²) in [5.74, 6) is -0.892. The summed E-state index contributed by atoms with van der Waals surface area (Å²) in [6.07, 6.45) is 10.5. The van der Waals surface area contributed by atoms with Crippen molar-refractivity contribution < 1.29 is 18.0 Å². The Morgan fingerprint density at radius 3 is 2.45 bits per heavy atom. The molecule has 4 N–H and O–H groups in total. The van der Waals surface area contributed by atoms with E-state index in [-0.39, 0.29) is 29.0 Å². The van der Waals surface area contributed by atoms with Gasteiger partial charge < -0.3 is 21.4 Å². The van der Waals surface area contributed by atoms with Gasteiger partial charge in [-0.2, -0.15) is 5.10 Å². The summed E-state index contributed by atoms with van der Waals surface area (Å²) in [6.45, 7) is 1.95. The fourth-order valence-electron chi connectivity index (χ4n) is 4.55. The Kier molecular flexibility index (Phi) is 8.89. The Hall–Kier alpha value is -3.58. The standard InChI is InChI=1S/C25H34N8O4S/c1-38(36,37)32-13-9-19(10-14-32)33-17-22-23(31-33)25(35)28-12-5-3-2-4-11-27-16-18(15-26)20-7-6-8-21(29-20)24(34)30-22/h6-8,15-17,19,26-27H,2-5,9-14H2,1H3,(H,28,35)(H,30,34)/b18-16+,26-15?. The van der Waals surface area contributed by atoms with Crippen LogP contribution in [0.2, 0.25) is 0 Å². The number of rotatable bonds is 3. The molecule has 0 aliphatic carbocycles. The van der Waals surface area contributed by atoms with Crippen LogP contribution in [0.25, 0.3) is 5.57 Å². The number of amides is 2. The predicted molar refractivity (Wildman–Crippen MR) is 145 cm³/mol. The fourth-order valence-corrected chi connectivity index (χ4v) is 5.42. The average molecular weight is 543 g/mol. The second-order valence-electron chi connectivity index (χ2n) is 9.50. The van der Waals surface area contributed by atoms with Gasteiger partial charge in [0.15, 0.2) is 5.69 Å². The first-order valence-corrected chi connectivity index (χ1v) is 14.7. The number of aromatic nitrogens is 3. The number of hydrogen-bond acceptors (Lipinski definition) is 8. The highest BCUT2D eigenvalue weighted by atomic mass is 32.2. The molecular formula is C25H34N8O4S. The molecule has 2 aliphatic rings. The Balaban J connectivity index is 1.62. The molecule has 1 saturated heterocycles.